The van der Waals surface area contributed by atoms with Crippen LogP contribution >= 0.6 is 0 Å². The van der Waals surface area contributed by atoms with E-state index in [1.807, 2.05) is 38.1 Å². The van der Waals surface area contributed by atoms with E-state index in [1.54, 1.807) is 11.9 Å². The van der Waals surface area contributed by atoms with E-state index < -0.39 is 0 Å². The zero-order valence-electron chi connectivity index (χ0n) is 11.2. The second-order valence-corrected chi connectivity index (χ2v) is 4.53. The normalized spacial score (nSPS) is 10.5. The van der Waals surface area contributed by atoms with Crippen molar-refractivity contribution in [3.05, 3.63) is 29.8 Å². The van der Waals surface area contributed by atoms with Gasteiger partial charge >= 0.3 is 0 Å². The van der Waals surface area contributed by atoms with Gasteiger partial charge in [0.2, 0.25) is 5.91 Å². The van der Waals surface area contributed by atoms with Crippen molar-refractivity contribution in [3.8, 4) is 5.75 Å². The molecule has 0 aromatic heterocycles. The molecule has 0 saturated heterocycles. The minimum absolute atomic E-state index is 0.0555. The van der Waals surface area contributed by atoms with Crippen LogP contribution in [0.2, 0.25) is 0 Å². The summed E-state index contributed by atoms with van der Waals surface area (Å²) in [5, 5.41) is 8.71. The number of nitrogens with zero attached hydrogens (tertiary/aromatic N) is 1. The van der Waals surface area contributed by atoms with E-state index in [2.05, 4.69) is 0 Å². The molecule has 4 nitrogen and oxygen atoms in total. The topological polar surface area (TPSA) is 49.8 Å². The van der Waals surface area contributed by atoms with E-state index in [1.165, 1.54) is 0 Å². The quantitative estimate of drug-likeness (QED) is 0.839. The van der Waals surface area contributed by atoms with Crippen LogP contribution in [0.15, 0.2) is 24.3 Å². The number of hydrogen-bond donors (Lipinski definition) is 1. The summed E-state index contributed by atoms with van der Waals surface area (Å²) in [7, 11) is 1.73. The summed E-state index contributed by atoms with van der Waals surface area (Å²) in [6.07, 6.45) is 0.329. The molecule has 1 N–H and O–H groups in total. The van der Waals surface area contributed by atoms with Crippen molar-refractivity contribution in [2.24, 2.45) is 0 Å². The van der Waals surface area contributed by atoms with E-state index in [9.17, 15) is 4.79 Å². The van der Waals surface area contributed by atoms with Crippen molar-refractivity contribution in [3.63, 3.8) is 0 Å². The van der Waals surface area contributed by atoms with Crippen LogP contribution < -0.4 is 4.74 Å². The zero-order chi connectivity index (χ0) is 13.5. The summed E-state index contributed by atoms with van der Waals surface area (Å²) >= 11 is 0. The molecule has 1 aromatic rings. The summed E-state index contributed by atoms with van der Waals surface area (Å²) in [6, 6.07) is 7.69. The van der Waals surface area contributed by atoms with Crippen LogP contribution in [0.1, 0.15) is 25.8 Å². The van der Waals surface area contributed by atoms with Gasteiger partial charge in [-0.1, -0.05) is 12.1 Å². The van der Waals surface area contributed by atoms with Gasteiger partial charge in [-0.05, 0) is 31.5 Å². The molecule has 0 heterocycles. The summed E-state index contributed by atoms with van der Waals surface area (Å²) < 4.78 is 5.55. The van der Waals surface area contributed by atoms with Gasteiger partial charge in [0, 0.05) is 20.0 Å². The second kappa shape index (κ2) is 7.01. The maximum Gasteiger partial charge on any atom is 0.224 e. The molecule has 0 unspecified atom stereocenters. The lowest BCUT2D eigenvalue weighted by atomic mass is 10.2. The van der Waals surface area contributed by atoms with E-state index >= 15 is 0 Å². The van der Waals surface area contributed by atoms with E-state index in [4.69, 9.17) is 9.84 Å². The third kappa shape index (κ3) is 4.75. The molecule has 1 aromatic carbocycles. The summed E-state index contributed by atoms with van der Waals surface area (Å²) in [5.41, 5.74) is 1.04. The van der Waals surface area contributed by atoms with Gasteiger partial charge in [0.15, 0.2) is 0 Å². The molecule has 0 radical (unpaired) electrons. The fraction of sp³-hybridized carbons (Fsp3) is 0.500. The Hall–Kier alpha value is -1.55. The minimum Gasteiger partial charge on any atom is -0.491 e. The molecule has 0 fully saturated rings. The third-order valence-corrected chi connectivity index (χ3v) is 2.47. The maximum atomic E-state index is 11.5. The van der Waals surface area contributed by atoms with E-state index in [0.717, 1.165) is 11.3 Å². The maximum absolute atomic E-state index is 11.5. The van der Waals surface area contributed by atoms with E-state index in [0.29, 0.717) is 6.54 Å². The third-order valence-electron chi connectivity index (χ3n) is 2.47. The highest BCUT2D eigenvalue weighted by molar-refractivity contribution is 5.75. The van der Waals surface area contributed by atoms with Gasteiger partial charge in [0.25, 0.3) is 0 Å². The van der Waals surface area contributed by atoms with Crippen LogP contribution in [0.3, 0.4) is 0 Å². The van der Waals surface area contributed by atoms with Gasteiger partial charge in [0.1, 0.15) is 5.75 Å². The summed E-state index contributed by atoms with van der Waals surface area (Å²) in [4.78, 5) is 13.1. The number of amides is 1. The van der Waals surface area contributed by atoms with Crippen LogP contribution in [0, 0.1) is 0 Å². The molecule has 0 saturated carbocycles. The lowest BCUT2D eigenvalue weighted by molar-refractivity contribution is -0.131. The monoisotopic (exact) mass is 251 g/mol. The molecule has 100 valence electrons. The summed E-state index contributed by atoms with van der Waals surface area (Å²) in [5.74, 6) is 0.776. The number of ether oxygens (including phenoxy) is 1. The highest BCUT2D eigenvalue weighted by Gasteiger charge is 2.08. The Bertz CT molecular complexity index is 373. The molecular weight excluding hydrogens is 230 g/mol. The first-order valence-corrected chi connectivity index (χ1v) is 6.13. The van der Waals surface area contributed by atoms with Crippen molar-refractivity contribution >= 4 is 5.91 Å². The number of carbonyl (C=O) groups is 1. The Morgan fingerprint density at radius 3 is 2.44 bits per heavy atom. The molecule has 1 amide bonds. The Labute approximate surface area is 108 Å². The molecular formula is C14H21NO3. The van der Waals surface area contributed by atoms with Crippen LogP contribution in [0.4, 0.5) is 0 Å². The van der Waals surface area contributed by atoms with Crippen LogP contribution in [-0.4, -0.2) is 35.7 Å². The van der Waals surface area contributed by atoms with Gasteiger partial charge in [-0.25, -0.2) is 0 Å². The molecule has 0 atom stereocenters. The summed E-state index contributed by atoms with van der Waals surface area (Å²) in [6.45, 7) is 4.40. The highest BCUT2D eigenvalue weighted by Crippen LogP contribution is 2.14. The van der Waals surface area contributed by atoms with Gasteiger partial charge in [0.05, 0.1) is 12.7 Å². The number of aliphatic hydroxyl groups excluding tert-OH is 1. The Kier molecular flexibility index (Phi) is 5.65. The molecule has 0 spiro atoms. The Balaban J connectivity index is 2.55. The van der Waals surface area contributed by atoms with Crippen molar-refractivity contribution in [2.45, 2.75) is 32.9 Å². The average Bonchev–Trinajstić information content (AvgIpc) is 2.31. The minimum atomic E-state index is -0.107. The Morgan fingerprint density at radius 1 is 1.33 bits per heavy atom. The van der Waals surface area contributed by atoms with Crippen molar-refractivity contribution in [1.82, 2.24) is 4.90 Å². The van der Waals surface area contributed by atoms with Crippen molar-refractivity contribution < 1.29 is 14.6 Å². The molecule has 1 rings (SSSR count). The lowest BCUT2D eigenvalue weighted by Crippen LogP contribution is -2.26. The van der Waals surface area contributed by atoms with Crippen molar-refractivity contribution in [2.75, 3.05) is 13.7 Å². The Morgan fingerprint density at radius 2 is 1.94 bits per heavy atom. The molecule has 0 aliphatic rings. The second-order valence-electron chi connectivity index (χ2n) is 4.53. The fourth-order valence-corrected chi connectivity index (χ4v) is 1.59. The number of rotatable bonds is 6. The van der Waals surface area contributed by atoms with Crippen LogP contribution in [0.5, 0.6) is 5.75 Å². The van der Waals surface area contributed by atoms with Crippen LogP contribution in [0.25, 0.3) is 0 Å². The molecule has 4 heteroatoms. The zero-order valence-corrected chi connectivity index (χ0v) is 11.2. The van der Waals surface area contributed by atoms with Crippen LogP contribution in [-0.2, 0) is 11.3 Å². The van der Waals surface area contributed by atoms with Gasteiger partial charge in [-0.2, -0.15) is 0 Å². The average molecular weight is 251 g/mol. The number of aliphatic hydroxyl groups is 1. The molecule has 18 heavy (non-hydrogen) atoms. The molecule has 0 bridgehead atoms. The number of benzene rings is 1. The fourth-order valence-electron chi connectivity index (χ4n) is 1.59. The first-order chi connectivity index (χ1) is 8.52. The van der Waals surface area contributed by atoms with Gasteiger partial charge < -0.3 is 14.7 Å². The molecule has 0 aliphatic carbocycles. The number of carbonyl (C=O) groups excluding carboxylic acids is 1. The van der Waals surface area contributed by atoms with Gasteiger partial charge in [-0.3, -0.25) is 4.79 Å². The SMILES string of the molecule is CC(C)Oc1ccc(CN(C)C(=O)CCO)cc1. The van der Waals surface area contributed by atoms with E-state index in [-0.39, 0.29) is 25.0 Å². The predicted molar refractivity (Wildman–Crippen MR) is 70.4 cm³/mol. The largest absolute Gasteiger partial charge is 0.491 e. The lowest BCUT2D eigenvalue weighted by Gasteiger charge is -2.17. The standard InChI is InChI=1S/C14H21NO3/c1-11(2)18-13-6-4-12(5-7-13)10-15(3)14(17)8-9-16/h4-7,11,16H,8-10H2,1-3H3. The first-order valence-electron chi connectivity index (χ1n) is 6.13. The highest BCUT2D eigenvalue weighted by atomic mass is 16.5. The number of hydrogen-bond acceptors (Lipinski definition) is 3. The first kappa shape index (κ1) is 14.5. The smallest absolute Gasteiger partial charge is 0.224 e. The van der Waals surface area contributed by atoms with Crippen molar-refractivity contribution in [1.29, 1.82) is 0 Å². The predicted octanol–water partition coefficient (Wildman–Crippen LogP) is 1.81. The van der Waals surface area contributed by atoms with Gasteiger partial charge in [-0.15, -0.1) is 0 Å². The molecule has 0 aliphatic heterocycles.